The molecule has 5 heteroatoms. The van der Waals surface area contributed by atoms with Crippen LogP contribution in [0.1, 0.15) is 40.0 Å². The molecule has 1 aromatic heterocycles. The summed E-state index contributed by atoms with van der Waals surface area (Å²) >= 11 is 1.38. The molecule has 4 atom stereocenters. The lowest BCUT2D eigenvalue weighted by molar-refractivity contribution is -0.121. The average Bonchev–Trinajstić information content (AvgIpc) is 2.93. The largest absolute Gasteiger partial charge is 0.431 e. The topological polar surface area (TPSA) is 55.1 Å². The molecular weight excluding hydrogens is 308 g/mol. The number of benzene rings is 1. The van der Waals surface area contributed by atoms with Crippen LogP contribution in [0.15, 0.2) is 33.9 Å². The second-order valence-electron chi connectivity index (χ2n) is 6.59. The van der Waals surface area contributed by atoms with E-state index in [1.54, 1.807) is 0 Å². The number of carbonyl (C=O) groups excluding carboxylic acids is 1. The molecule has 1 N–H and O–H groups in total. The second-order valence-corrected chi connectivity index (χ2v) is 7.88. The average molecular weight is 332 g/mol. The minimum atomic E-state index is -0.215. The van der Waals surface area contributed by atoms with Crippen molar-refractivity contribution in [3.63, 3.8) is 0 Å². The molecule has 1 fully saturated rings. The van der Waals surface area contributed by atoms with E-state index in [-0.39, 0.29) is 17.2 Å². The summed E-state index contributed by atoms with van der Waals surface area (Å²) in [6.07, 6.45) is 3.54. The van der Waals surface area contributed by atoms with Gasteiger partial charge in [-0.1, -0.05) is 50.6 Å². The summed E-state index contributed by atoms with van der Waals surface area (Å²) < 4.78 is 5.69. The first-order valence-corrected chi connectivity index (χ1v) is 9.25. The lowest BCUT2D eigenvalue weighted by Gasteiger charge is -2.35. The van der Waals surface area contributed by atoms with Gasteiger partial charge >= 0.3 is 0 Å². The van der Waals surface area contributed by atoms with Crippen molar-refractivity contribution in [2.24, 2.45) is 11.8 Å². The van der Waals surface area contributed by atoms with Crippen LogP contribution in [0.5, 0.6) is 0 Å². The molecule has 124 valence electrons. The van der Waals surface area contributed by atoms with Gasteiger partial charge in [0.15, 0.2) is 5.58 Å². The van der Waals surface area contributed by atoms with E-state index in [0.29, 0.717) is 17.1 Å². The minimum Gasteiger partial charge on any atom is -0.431 e. The van der Waals surface area contributed by atoms with E-state index < -0.39 is 0 Å². The molecule has 0 unspecified atom stereocenters. The monoisotopic (exact) mass is 332 g/mol. The van der Waals surface area contributed by atoms with Crippen molar-refractivity contribution in [2.45, 2.75) is 56.5 Å². The summed E-state index contributed by atoms with van der Waals surface area (Å²) in [5.74, 6) is 1.28. The van der Waals surface area contributed by atoms with Gasteiger partial charge in [-0.05, 0) is 37.3 Å². The zero-order valence-corrected chi connectivity index (χ0v) is 14.7. The zero-order chi connectivity index (χ0) is 16.4. The Hall–Kier alpha value is -1.49. The fourth-order valence-corrected chi connectivity index (χ4v) is 3.96. The number of para-hydroxylation sites is 2. The summed E-state index contributed by atoms with van der Waals surface area (Å²) in [5, 5.41) is 3.56. The molecule has 1 amide bonds. The van der Waals surface area contributed by atoms with E-state index in [2.05, 4.69) is 24.1 Å². The lowest BCUT2D eigenvalue weighted by atomic mass is 9.78. The number of carbonyl (C=O) groups is 1. The molecular formula is C18H24N2O2S. The Morgan fingerprint density at radius 3 is 2.91 bits per heavy atom. The number of oxazole rings is 1. The Bertz CT molecular complexity index is 651. The molecule has 1 aliphatic carbocycles. The SMILES string of the molecule is C[C@@H]1[C@H](C)CCC[C@H]1NC(=O)[C@H](C)Sc1nc2ccccc2o1. The first kappa shape index (κ1) is 16.4. The van der Waals surface area contributed by atoms with Gasteiger partial charge in [0, 0.05) is 6.04 Å². The van der Waals surface area contributed by atoms with E-state index in [9.17, 15) is 4.79 Å². The molecule has 1 aliphatic rings. The van der Waals surface area contributed by atoms with E-state index >= 15 is 0 Å². The molecule has 1 aromatic carbocycles. The van der Waals surface area contributed by atoms with Crippen molar-refractivity contribution in [3.8, 4) is 0 Å². The molecule has 1 saturated carbocycles. The van der Waals surface area contributed by atoms with E-state index in [1.807, 2.05) is 31.2 Å². The molecule has 1 heterocycles. The predicted octanol–water partition coefficient (Wildman–Crippen LogP) is 4.25. The van der Waals surface area contributed by atoms with Crippen molar-refractivity contribution >= 4 is 28.8 Å². The fraction of sp³-hybridized carbons (Fsp3) is 0.556. The van der Waals surface area contributed by atoms with Gasteiger partial charge in [-0.25, -0.2) is 4.98 Å². The number of amides is 1. The number of fused-ring (bicyclic) bond motifs is 1. The highest BCUT2D eigenvalue weighted by atomic mass is 32.2. The molecule has 0 bridgehead atoms. The maximum Gasteiger partial charge on any atom is 0.257 e. The Balaban J connectivity index is 1.61. The van der Waals surface area contributed by atoms with Gasteiger partial charge in [0.2, 0.25) is 5.91 Å². The Kier molecular flexibility index (Phi) is 4.95. The number of nitrogens with one attached hydrogen (secondary N) is 1. The molecule has 3 rings (SSSR count). The molecule has 0 spiro atoms. The van der Waals surface area contributed by atoms with Gasteiger partial charge < -0.3 is 9.73 Å². The number of nitrogens with zero attached hydrogens (tertiary/aromatic N) is 1. The zero-order valence-electron chi connectivity index (χ0n) is 13.9. The quantitative estimate of drug-likeness (QED) is 0.851. The summed E-state index contributed by atoms with van der Waals surface area (Å²) in [6.45, 7) is 6.43. The van der Waals surface area contributed by atoms with E-state index in [4.69, 9.17) is 4.42 Å². The maximum absolute atomic E-state index is 12.5. The van der Waals surface area contributed by atoms with Crippen LogP contribution in [-0.4, -0.2) is 22.2 Å². The number of rotatable bonds is 4. The first-order valence-electron chi connectivity index (χ1n) is 8.37. The van der Waals surface area contributed by atoms with Crippen molar-refractivity contribution in [3.05, 3.63) is 24.3 Å². The third kappa shape index (κ3) is 3.71. The molecule has 4 nitrogen and oxygen atoms in total. The number of thioether (sulfide) groups is 1. The summed E-state index contributed by atoms with van der Waals surface area (Å²) in [7, 11) is 0. The van der Waals surface area contributed by atoms with Crippen LogP contribution in [0.3, 0.4) is 0 Å². The Morgan fingerprint density at radius 2 is 2.13 bits per heavy atom. The van der Waals surface area contributed by atoms with Crippen molar-refractivity contribution in [1.82, 2.24) is 10.3 Å². The van der Waals surface area contributed by atoms with Gasteiger partial charge in [0.05, 0.1) is 5.25 Å². The lowest BCUT2D eigenvalue weighted by Crippen LogP contribution is -2.46. The van der Waals surface area contributed by atoms with Crippen molar-refractivity contribution in [2.75, 3.05) is 0 Å². The summed E-state index contributed by atoms with van der Waals surface area (Å²) in [4.78, 5) is 16.9. The first-order chi connectivity index (χ1) is 11.0. The smallest absolute Gasteiger partial charge is 0.257 e. The number of hydrogen-bond donors (Lipinski definition) is 1. The highest BCUT2D eigenvalue weighted by molar-refractivity contribution is 8.00. The molecule has 0 saturated heterocycles. The van der Waals surface area contributed by atoms with Gasteiger partial charge in [-0.3, -0.25) is 4.79 Å². The third-order valence-electron chi connectivity index (χ3n) is 4.96. The highest BCUT2D eigenvalue weighted by Crippen LogP contribution is 2.31. The van der Waals surface area contributed by atoms with Gasteiger partial charge in [0.1, 0.15) is 5.52 Å². The number of aromatic nitrogens is 1. The second kappa shape index (κ2) is 6.95. The Labute approximate surface area is 141 Å². The van der Waals surface area contributed by atoms with Crippen LogP contribution in [0.2, 0.25) is 0 Å². The van der Waals surface area contributed by atoms with E-state index in [1.165, 1.54) is 24.6 Å². The van der Waals surface area contributed by atoms with Crippen molar-refractivity contribution < 1.29 is 9.21 Å². The fourth-order valence-electron chi connectivity index (χ4n) is 3.19. The van der Waals surface area contributed by atoms with Crippen LogP contribution >= 0.6 is 11.8 Å². The Morgan fingerprint density at radius 1 is 1.35 bits per heavy atom. The molecule has 2 aromatic rings. The van der Waals surface area contributed by atoms with Gasteiger partial charge in [0.25, 0.3) is 5.22 Å². The molecule has 0 radical (unpaired) electrons. The summed E-state index contributed by atoms with van der Waals surface area (Å²) in [5.41, 5.74) is 1.59. The third-order valence-corrected chi connectivity index (χ3v) is 5.90. The van der Waals surface area contributed by atoms with Gasteiger partial charge in [-0.15, -0.1) is 0 Å². The summed E-state index contributed by atoms with van der Waals surface area (Å²) in [6, 6.07) is 7.95. The highest BCUT2D eigenvalue weighted by Gasteiger charge is 2.29. The maximum atomic E-state index is 12.5. The van der Waals surface area contributed by atoms with Crippen LogP contribution in [0.4, 0.5) is 0 Å². The van der Waals surface area contributed by atoms with Gasteiger partial charge in [-0.2, -0.15) is 0 Å². The molecule has 0 aliphatic heterocycles. The van der Waals surface area contributed by atoms with Crippen molar-refractivity contribution in [1.29, 1.82) is 0 Å². The van der Waals surface area contributed by atoms with Crippen LogP contribution in [0.25, 0.3) is 11.1 Å². The molecule has 23 heavy (non-hydrogen) atoms. The van der Waals surface area contributed by atoms with Crippen LogP contribution < -0.4 is 5.32 Å². The van der Waals surface area contributed by atoms with E-state index in [0.717, 1.165) is 17.5 Å². The van der Waals surface area contributed by atoms with Crippen LogP contribution in [0, 0.1) is 11.8 Å². The standard InChI is InChI=1S/C18H24N2O2S/c1-11-7-6-9-14(12(11)2)19-17(21)13(3)23-18-20-15-8-4-5-10-16(15)22-18/h4-5,8,10-14H,6-7,9H2,1-3H3,(H,19,21)/t11-,12-,13+,14-/m1/s1. The van der Waals surface area contributed by atoms with Crippen LogP contribution in [-0.2, 0) is 4.79 Å². The minimum absolute atomic E-state index is 0.0724. The number of hydrogen-bond acceptors (Lipinski definition) is 4. The predicted molar refractivity (Wildman–Crippen MR) is 93.4 cm³/mol. The normalized spacial score (nSPS) is 26.1.